The molecule has 8 nitrogen and oxygen atoms in total. The van der Waals surface area contributed by atoms with E-state index in [2.05, 4.69) is 9.47 Å². The summed E-state index contributed by atoms with van der Waals surface area (Å²) in [5.41, 5.74) is 0. The minimum absolute atomic E-state index is 0.00677. The van der Waals surface area contributed by atoms with Crippen molar-refractivity contribution < 1.29 is 39.5 Å². The van der Waals surface area contributed by atoms with Gasteiger partial charge in [0.15, 0.2) is 0 Å². The number of rotatable bonds is 8. The van der Waals surface area contributed by atoms with Crippen molar-refractivity contribution in [2.75, 3.05) is 0 Å². The van der Waals surface area contributed by atoms with E-state index in [0.717, 1.165) is 13.8 Å². The summed E-state index contributed by atoms with van der Waals surface area (Å²) in [7, 11) is 0. The lowest BCUT2D eigenvalue weighted by Gasteiger charge is -2.28. The molecule has 0 amide bonds. The highest BCUT2D eigenvalue weighted by Gasteiger charge is 2.38. The van der Waals surface area contributed by atoms with E-state index >= 15 is 0 Å². The van der Waals surface area contributed by atoms with Crippen LogP contribution in [-0.4, -0.2) is 56.6 Å². The minimum Gasteiger partial charge on any atom is -0.396 e. The van der Waals surface area contributed by atoms with Crippen molar-refractivity contribution in [2.24, 2.45) is 0 Å². The van der Waals surface area contributed by atoms with Crippen LogP contribution in [0, 0.1) is 0 Å². The smallest absolute Gasteiger partial charge is 0.373 e. The second kappa shape index (κ2) is 8.15. The number of carbonyl (C=O) groups excluding carboxylic acids is 2. The highest BCUT2D eigenvalue weighted by Crippen LogP contribution is 2.20. The second-order valence-electron chi connectivity index (χ2n) is 4.51. The van der Waals surface area contributed by atoms with Crippen molar-refractivity contribution in [3.8, 4) is 0 Å². The minimum atomic E-state index is -2.64. The zero-order valence-electron chi connectivity index (χ0n) is 11.8. The third-order valence-corrected chi connectivity index (χ3v) is 2.47. The van der Waals surface area contributed by atoms with Gasteiger partial charge in [-0.3, -0.25) is 0 Å². The normalized spacial score (nSPS) is 18.6. The van der Waals surface area contributed by atoms with Crippen LogP contribution in [0.2, 0.25) is 0 Å². The molecule has 0 aromatic rings. The van der Waals surface area contributed by atoms with Crippen molar-refractivity contribution in [3.63, 3.8) is 0 Å². The van der Waals surface area contributed by atoms with E-state index in [1.807, 2.05) is 0 Å². The van der Waals surface area contributed by atoms with Crippen LogP contribution in [0.5, 0.6) is 0 Å². The Labute approximate surface area is 116 Å². The van der Waals surface area contributed by atoms with Crippen LogP contribution in [0.4, 0.5) is 0 Å². The Bertz CT molecular complexity index is 303. The number of hydrogen-bond donors (Lipinski definition) is 4. The average Bonchev–Trinajstić information content (AvgIpc) is 2.35. The number of aliphatic hydroxyl groups is 4. The molecule has 3 unspecified atom stereocenters. The molecule has 0 bridgehead atoms. The van der Waals surface area contributed by atoms with E-state index in [9.17, 15) is 19.8 Å². The molecule has 0 saturated carbocycles. The van der Waals surface area contributed by atoms with Gasteiger partial charge in [-0.25, -0.2) is 9.59 Å². The fourth-order valence-electron chi connectivity index (χ4n) is 1.16. The molecular weight excluding hydrogens is 272 g/mol. The third-order valence-electron chi connectivity index (χ3n) is 2.47. The molecule has 0 fully saturated rings. The Kier molecular flexibility index (Phi) is 7.66. The van der Waals surface area contributed by atoms with Gasteiger partial charge in [0.1, 0.15) is 12.2 Å². The fraction of sp³-hybridized carbons (Fsp3) is 0.833. The summed E-state index contributed by atoms with van der Waals surface area (Å²) >= 11 is 0. The molecule has 0 aliphatic heterocycles. The molecule has 0 aliphatic carbocycles. The Morgan fingerprint density at radius 2 is 1.45 bits per heavy atom. The SMILES string of the molecule is CCC(O)CCC(O)(OC(=O)C(C)O)OC(=O)C(C)O. The van der Waals surface area contributed by atoms with Gasteiger partial charge in [0.05, 0.1) is 12.5 Å². The maximum absolute atomic E-state index is 11.3. The lowest BCUT2D eigenvalue weighted by atomic mass is 10.1. The summed E-state index contributed by atoms with van der Waals surface area (Å²) in [4.78, 5) is 22.6. The lowest BCUT2D eigenvalue weighted by molar-refractivity contribution is -0.334. The van der Waals surface area contributed by atoms with E-state index in [1.54, 1.807) is 6.92 Å². The molecule has 0 radical (unpaired) electrons. The maximum Gasteiger partial charge on any atom is 0.373 e. The van der Waals surface area contributed by atoms with Crippen molar-refractivity contribution in [1.29, 1.82) is 0 Å². The van der Waals surface area contributed by atoms with Crippen molar-refractivity contribution in [2.45, 2.75) is 64.3 Å². The molecule has 0 aliphatic rings. The Morgan fingerprint density at radius 1 is 1.05 bits per heavy atom. The van der Waals surface area contributed by atoms with Gasteiger partial charge < -0.3 is 29.9 Å². The largest absolute Gasteiger partial charge is 0.396 e. The average molecular weight is 294 g/mol. The molecule has 3 atom stereocenters. The van der Waals surface area contributed by atoms with Gasteiger partial charge in [-0.2, -0.15) is 0 Å². The van der Waals surface area contributed by atoms with Crippen LogP contribution >= 0.6 is 0 Å². The summed E-state index contributed by atoms with van der Waals surface area (Å²) in [6.07, 6.45) is -3.83. The summed E-state index contributed by atoms with van der Waals surface area (Å²) in [5.74, 6) is -5.04. The molecule has 0 aromatic heterocycles. The Hall–Kier alpha value is -1.22. The van der Waals surface area contributed by atoms with Gasteiger partial charge >= 0.3 is 17.9 Å². The Balaban J connectivity index is 4.83. The van der Waals surface area contributed by atoms with Gasteiger partial charge in [0, 0.05) is 0 Å². The third kappa shape index (κ3) is 6.80. The van der Waals surface area contributed by atoms with Crippen LogP contribution in [-0.2, 0) is 19.1 Å². The quantitative estimate of drug-likeness (QED) is 0.332. The number of aliphatic hydroxyl groups excluding tert-OH is 3. The van der Waals surface area contributed by atoms with Gasteiger partial charge in [0.2, 0.25) is 0 Å². The molecular formula is C12H22O8. The summed E-state index contributed by atoms with van der Waals surface area (Å²) in [6, 6.07) is 0. The number of esters is 2. The molecule has 0 saturated heterocycles. The van der Waals surface area contributed by atoms with Gasteiger partial charge in [0.25, 0.3) is 0 Å². The van der Waals surface area contributed by atoms with Crippen molar-refractivity contribution in [3.05, 3.63) is 0 Å². The zero-order chi connectivity index (χ0) is 15.9. The van der Waals surface area contributed by atoms with Crippen LogP contribution in [0.3, 0.4) is 0 Å². The summed E-state index contributed by atoms with van der Waals surface area (Å²) in [6.45, 7) is 3.92. The molecule has 8 heteroatoms. The monoisotopic (exact) mass is 294 g/mol. The first-order chi connectivity index (χ1) is 9.11. The molecule has 0 rings (SSSR count). The van der Waals surface area contributed by atoms with E-state index in [-0.39, 0.29) is 12.8 Å². The topological polar surface area (TPSA) is 134 Å². The first kappa shape index (κ1) is 18.8. The maximum atomic E-state index is 11.3. The molecule has 4 N–H and O–H groups in total. The Morgan fingerprint density at radius 3 is 1.75 bits per heavy atom. The number of carbonyl (C=O) groups is 2. The van der Waals surface area contributed by atoms with Crippen molar-refractivity contribution in [1.82, 2.24) is 0 Å². The van der Waals surface area contributed by atoms with E-state index in [0.29, 0.717) is 6.42 Å². The summed E-state index contributed by atoms with van der Waals surface area (Å²) in [5, 5.41) is 37.4. The highest BCUT2D eigenvalue weighted by molar-refractivity contribution is 5.76. The number of hydrogen-bond acceptors (Lipinski definition) is 8. The van der Waals surface area contributed by atoms with Crippen molar-refractivity contribution >= 4 is 11.9 Å². The van der Waals surface area contributed by atoms with Crippen LogP contribution in [0.15, 0.2) is 0 Å². The van der Waals surface area contributed by atoms with E-state index in [4.69, 9.17) is 10.2 Å². The zero-order valence-corrected chi connectivity index (χ0v) is 11.8. The van der Waals surface area contributed by atoms with Crippen LogP contribution < -0.4 is 0 Å². The fourth-order valence-corrected chi connectivity index (χ4v) is 1.16. The molecule has 20 heavy (non-hydrogen) atoms. The predicted molar refractivity (Wildman–Crippen MR) is 66.0 cm³/mol. The van der Waals surface area contributed by atoms with Gasteiger partial charge in [-0.15, -0.1) is 0 Å². The number of ether oxygens (including phenoxy) is 2. The molecule has 0 heterocycles. The molecule has 118 valence electrons. The second-order valence-corrected chi connectivity index (χ2v) is 4.51. The van der Waals surface area contributed by atoms with Crippen LogP contribution in [0.25, 0.3) is 0 Å². The van der Waals surface area contributed by atoms with Gasteiger partial charge in [-0.05, 0) is 26.7 Å². The van der Waals surface area contributed by atoms with E-state index in [1.165, 1.54) is 0 Å². The summed E-state index contributed by atoms with van der Waals surface area (Å²) < 4.78 is 9.03. The molecule has 0 spiro atoms. The highest BCUT2D eigenvalue weighted by atomic mass is 16.8. The predicted octanol–water partition coefficient (Wildman–Crippen LogP) is -0.968. The first-order valence-electron chi connectivity index (χ1n) is 6.33. The van der Waals surface area contributed by atoms with E-state index < -0.39 is 36.2 Å². The van der Waals surface area contributed by atoms with Crippen LogP contribution in [0.1, 0.15) is 40.0 Å². The first-order valence-corrected chi connectivity index (χ1v) is 6.33. The molecule has 0 aromatic carbocycles. The van der Waals surface area contributed by atoms with Gasteiger partial charge in [-0.1, -0.05) is 6.92 Å². The lowest BCUT2D eigenvalue weighted by Crippen LogP contribution is -2.44. The standard InChI is InChI=1S/C12H22O8/c1-4-9(15)5-6-12(18,19-10(16)7(2)13)20-11(17)8(3)14/h7-9,13-15,18H,4-6H2,1-3H3.